The molecule has 0 unspecified atom stereocenters. The first-order chi connectivity index (χ1) is 13.4. The highest BCUT2D eigenvalue weighted by Crippen LogP contribution is 2.33. The number of carbonyl (C=O) groups excluding carboxylic acids is 2. The lowest BCUT2D eigenvalue weighted by Crippen LogP contribution is -2.24. The third kappa shape index (κ3) is 4.23. The second-order valence-corrected chi connectivity index (χ2v) is 7.17. The number of nitrogens with zero attached hydrogens (tertiary/aromatic N) is 4. The molecule has 0 fully saturated rings. The summed E-state index contributed by atoms with van der Waals surface area (Å²) < 4.78 is 5.26. The average molecular weight is 396 g/mol. The molecule has 8 heteroatoms. The first-order valence-corrected chi connectivity index (χ1v) is 9.52. The maximum atomic E-state index is 12.3. The molecule has 0 atom stereocenters. The van der Waals surface area contributed by atoms with Crippen molar-refractivity contribution in [3.8, 4) is 0 Å². The predicted octanol–water partition coefficient (Wildman–Crippen LogP) is 3.90. The Hall–Kier alpha value is -3.13. The lowest BCUT2D eigenvalue weighted by atomic mass is 10.1. The predicted molar refractivity (Wildman–Crippen MR) is 107 cm³/mol. The van der Waals surface area contributed by atoms with E-state index < -0.39 is 5.97 Å². The molecule has 1 amide bonds. The molecule has 0 aliphatic carbocycles. The summed E-state index contributed by atoms with van der Waals surface area (Å²) in [4.78, 5) is 38.5. The van der Waals surface area contributed by atoms with Gasteiger partial charge in [0.2, 0.25) is 5.91 Å². The Kier molecular flexibility index (Phi) is 5.79. The number of aromatic nitrogens is 3. The molecule has 0 N–H and O–H groups in total. The molecule has 1 aromatic carbocycles. The molecule has 0 aliphatic rings. The van der Waals surface area contributed by atoms with Gasteiger partial charge in [-0.1, -0.05) is 18.2 Å². The number of rotatable bonds is 5. The van der Waals surface area contributed by atoms with E-state index in [0.717, 1.165) is 22.5 Å². The number of hydrogen-bond acceptors (Lipinski definition) is 7. The van der Waals surface area contributed by atoms with E-state index in [9.17, 15) is 9.59 Å². The Morgan fingerprint density at radius 3 is 2.43 bits per heavy atom. The van der Waals surface area contributed by atoms with Crippen molar-refractivity contribution in [1.29, 1.82) is 0 Å². The fraction of sp³-hybridized carbons (Fsp3) is 0.250. The first-order valence-electron chi connectivity index (χ1n) is 8.64. The van der Waals surface area contributed by atoms with Gasteiger partial charge >= 0.3 is 5.97 Å². The van der Waals surface area contributed by atoms with Crippen LogP contribution in [0, 0.1) is 20.8 Å². The monoisotopic (exact) mass is 396 g/mol. The summed E-state index contributed by atoms with van der Waals surface area (Å²) >= 11 is 1.32. The molecule has 3 rings (SSSR count). The van der Waals surface area contributed by atoms with Crippen LogP contribution in [0.4, 0.5) is 10.8 Å². The summed E-state index contributed by atoms with van der Waals surface area (Å²) in [5.74, 6) is -0.703. The number of aryl methyl sites for hydroxylation is 3. The normalized spacial score (nSPS) is 10.6. The number of para-hydroxylation sites is 1. The number of ether oxygens (including phenoxy) is 1. The van der Waals surface area contributed by atoms with E-state index in [0.29, 0.717) is 10.8 Å². The number of hydrogen-bond donors (Lipinski definition) is 0. The quantitative estimate of drug-likeness (QED) is 0.608. The Bertz CT molecular complexity index is 994. The van der Waals surface area contributed by atoms with Crippen molar-refractivity contribution in [1.82, 2.24) is 15.0 Å². The van der Waals surface area contributed by atoms with Crippen molar-refractivity contribution in [3.05, 3.63) is 64.2 Å². The molecule has 0 aliphatic heterocycles. The van der Waals surface area contributed by atoms with Crippen molar-refractivity contribution in [2.75, 3.05) is 4.90 Å². The zero-order chi connectivity index (χ0) is 20.3. The van der Waals surface area contributed by atoms with Crippen LogP contribution in [0.5, 0.6) is 0 Å². The highest BCUT2D eigenvalue weighted by Gasteiger charge is 2.21. The highest BCUT2D eigenvalue weighted by molar-refractivity contribution is 7.14. The molecule has 7 nitrogen and oxygen atoms in total. The standard InChI is InChI=1S/C20H20N4O3S/c1-12-6-5-7-13(2)18(12)24(15(4)25)20-23-16(11-28-20)10-27-19(26)17-9-21-14(3)8-22-17/h5-9,11H,10H2,1-4H3. The zero-order valence-corrected chi connectivity index (χ0v) is 16.9. The number of benzene rings is 1. The molecule has 0 saturated heterocycles. The second-order valence-electron chi connectivity index (χ2n) is 6.34. The van der Waals surface area contributed by atoms with Crippen LogP contribution in [0.15, 0.2) is 36.0 Å². The van der Waals surface area contributed by atoms with E-state index in [1.54, 1.807) is 17.2 Å². The van der Waals surface area contributed by atoms with E-state index >= 15 is 0 Å². The van der Waals surface area contributed by atoms with Crippen molar-refractivity contribution in [3.63, 3.8) is 0 Å². The number of thiazole rings is 1. The van der Waals surface area contributed by atoms with Gasteiger partial charge in [-0.05, 0) is 31.9 Å². The number of esters is 1. The van der Waals surface area contributed by atoms with Crippen molar-refractivity contribution in [2.45, 2.75) is 34.3 Å². The van der Waals surface area contributed by atoms with Crippen LogP contribution in [0.1, 0.15) is 39.9 Å². The Balaban J connectivity index is 1.77. The number of carbonyl (C=O) groups is 2. The SMILES string of the molecule is CC(=O)N(c1nc(COC(=O)c2cnc(C)cn2)cs1)c1c(C)cccc1C. The fourth-order valence-electron chi connectivity index (χ4n) is 2.72. The molecule has 0 bridgehead atoms. The second kappa shape index (κ2) is 8.26. The minimum atomic E-state index is -0.569. The topological polar surface area (TPSA) is 85.3 Å². The largest absolute Gasteiger partial charge is 0.454 e. The van der Waals surface area contributed by atoms with Crippen LogP contribution in [-0.4, -0.2) is 26.8 Å². The van der Waals surface area contributed by atoms with Crippen LogP contribution >= 0.6 is 11.3 Å². The first kappa shape index (κ1) is 19.6. The molecule has 0 saturated carbocycles. The third-order valence-electron chi connectivity index (χ3n) is 4.05. The maximum absolute atomic E-state index is 12.3. The highest BCUT2D eigenvalue weighted by atomic mass is 32.1. The smallest absolute Gasteiger partial charge is 0.358 e. The lowest BCUT2D eigenvalue weighted by Gasteiger charge is -2.22. The molecular weight excluding hydrogens is 376 g/mol. The van der Waals surface area contributed by atoms with E-state index in [1.807, 2.05) is 32.0 Å². The van der Waals surface area contributed by atoms with Gasteiger partial charge in [0.1, 0.15) is 6.61 Å². The number of anilines is 2. The van der Waals surface area contributed by atoms with Crippen molar-refractivity contribution >= 4 is 34.0 Å². The molecule has 0 spiro atoms. The Labute approximate surface area is 167 Å². The van der Waals surface area contributed by atoms with Crippen LogP contribution in [0.25, 0.3) is 0 Å². The van der Waals surface area contributed by atoms with E-state index in [-0.39, 0.29) is 18.2 Å². The van der Waals surface area contributed by atoms with E-state index in [4.69, 9.17) is 4.74 Å². The van der Waals surface area contributed by atoms with Crippen molar-refractivity contribution in [2.24, 2.45) is 0 Å². The van der Waals surface area contributed by atoms with Gasteiger partial charge < -0.3 is 4.74 Å². The molecule has 0 radical (unpaired) electrons. The summed E-state index contributed by atoms with van der Waals surface area (Å²) in [6, 6.07) is 5.86. The summed E-state index contributed by atoms with van der Waals surface area (Å²) in [5, 5.41) is 2.30. The summed E-state index contributed by atoms with van der Waals surface area (Å²) in [6.07, 6.45) is 2.88. The summed E-state index contributed by atoms with van der Waals surface area (Å²) in [5.41, 5.74) is 4.21. The zero-order valence-electron chi connectivity index (χ0n) is 16.1. The average Bonchev–Trinajstić information content (AvgIpc) is 3.11. The minimum absolute atomic E-state index is 0.0105. The summed E-state index contributed by atoms with van der Waals surface area (Å²) in [6.45, 7) is 7.19. The molecule has 3 aromatic rings. The maximum Gasteiger partial charge on any atom is 0.358 e. The van der Waals surface area contributed by atoms with Gasteiger partial charge in [-0.15, -0.1) is 11.3 Å². The van der Waals surface area contributed by atoms with Gasteiger partial charge in [-0.3, -0.25) is 14.7 Å². The third-order valence-corrected chi connectivity index (χ3v) is 4.92. The molecule has 144 valence electrons. The van der Waals surface area contributed by atoms with Gasteiger partial charge in [-0.2, -0.15) is 0 Å². The van der Waals surface area contributed by atoms with Gasteiger partial charge in [0.05, 0.1) is 23.3 Å². The van der Waals surface area contributed by atoms with Crippen molar-refractivity contribution < 1.29 is 14.3 Å². The van der Waals surface area contributed by atoms with Gasteiger partial charge in [0.15, 0.2) is 10.8 Å². The van der Waals surface area contributed by atoms with Crippen LogP contribution < -0.4 is 4.90 Å². The van der Waals surface area contributed by atoms with Gasteiger partial charge in [0, 0.05) is 18.5 Å². The Morgan fingerprint density at radius 1 is 1.11 bits per heavy atom. The van der Waals surface area contributed by atoms with E-state index in [2.05, 4.69) is 15.0 Å². The van der Waals surface area contributed by atoms with Gasteiger partial charge in [0.25, 0.3) is 0 Å². The number of amides is 1. The molecule has 2 heterocycles. The fourth-order valence-corrected chi connectivity index (χ4v) is 3.58. The Morgan fingerprint density at radius 2 is 1.82 bits per heavy atom. The van der Waals surface area contributed by atoms with Gasteiger partial charge in [-0.25, -0.2) is 14.8 Å². The minimum Gasteiger partial charge on any atom is -0.454 e. The van der Waals surface area contributed by atoms with Crippen LogP contribution in [0.3, 0.4) is 0 Å². The molecular formula is C20H20N4O3S. The summed E-state index contributed by atoms with van der Waals surface area (Å²) in [7, 11) is 0. The molecule has 28 heavy (non-hydrogen) atoms. The van der Waals surface area contributed by atoms with Crippen LogP contribution in [0.2, 0.25) is 0 Å². The van der Waals surface area contributed by atoms with Crippen LogP contribution in [-0.2, 0) is 16.1 Å². The molecule has 2 aromatic heterocycles. The lowest BCUT2D eigenvalue weighted by molar-refractivity contribution is -0.115. The van der Waals surface area contributed by atoms with E-state index in [1.165, 1.54) is 30.7 Å².